The number of fused-ring (bicyclic) bond motifs is 1. The first-order valence-electron chi connectivity index (χ1n) is 8.11. The van der Waals surface area contributed by atoms with Gasteiger partial charge in [-0.05, 0) is 42.7 Å². The molecule has 0 spiro atoms. The average molecular weight is 321 g/mol. The molecule has 24 heavy (non-hydrogen) atoms. The number of benzene rings is 1. The maximum Gasteiger partial charge on any atom is 0.320 e. The molecular weight excluding hydrogens is 302 g/mol. The van der Waals surface area contributed by atoms with Crippen molar-refractivity contribution < 1.29 is 4.79 Å². The van der Waals surface area contributed by atoms with Gasteiger partial charge in [0, 0.05) is 25.2 Å². The predicted molar refractivity (Wildman–Crippen MR) is 92.8 cm³/mol. The number of rotatable bonds is 4. The van der Waals surface area contributed by atoms with Crippen LogP contribution >= 0.6 is 0 Å². The average Bonchev–Trinajstić information content (AvgIpc) is 3.38. The monoisotopic (exact) mass is 321 g/mol. The summed E-state index contributed by atoms with van der Waals surface area (Å²) in [5, 5.41) is 5.65. The second kappa shape index (κ2) is 5.96. The van der Waals surface area contributed by atoms with Crippen LogP contribution in [0.3, 0.4) is 0 Å². The van der Waals surface area contributed by atoms with E-state index in [1.807, 2.05) is 48.0 Å². The van der Waals surface area contributed by atoms with Crippen LogP contribution in [-0.2, 0) is 13.6 Å². The SMILES string of the molecule is Cn1cnc2cc(CNC(=O)Nc3cccc(C4CC4)n3)ccc21. The van der Waals surface area contributed by atoms with E-state index < -0.39 is 0 Å². The maximum absolute atomic E-state index is 12.1. The molecular formula is C18H19N5O. The number of carbonyl (C=O) groups excluding carboxylic acids is 1. The van der Waals surface area contributed by atoms with Crippen LogP contribution in [-0.4, -0.2) is 20.6 Å². The second-order valence-electron chi connectivity index (χ2n) is 6.21. The molecule has 1 aliphatic carbocycles. The van der Waals surface area contributed by atoms with E-state index in [0.29, 0.717) is 18.3 Å². The van der Waals surface area contributed by atoms with Gasteiger partial charge in [-0.2, -0.15) is 0 Å². The lowest BCUT2D eigenvalue weighted by molar-refractivity contribution is 0.251. The van der Waals surface area contributed by atoms with Crippen LogP contribution in [0.15, 0.2) is 42.7 Å². The molecule has 0 atom stereocenters. The Morgan fingerprint density at radius 3 is 3.00 bits per heavy atom. The smallest absolute Gasteiger partial charge is 0.320 e. The standard InChI is InChI=1S/C18H19N5O/c1-23-11-20-15-9-12(5-8-16(15)23)10-19-18(24)22-17-4-2-3-14(21-17)13-6-7-13/h2-5,8-9,11,13H,6-7,10H2,1H3,(H2,19,21,22,24). The molecule has 6 heteroatoms. The van der Waals surface area contributed by atoms with Gasteiger partial charge in [-0.1, -0.05) is 12.1 Å². The summed E-state index contributed by atoms with van der Waals surface area (Å²) in [5.41, 5.74) is 4.07. The Hall–Kier alpha value is -2.89. The van der Waals surface area contributed by atoms with E-state index in [-0.39, 0.29) is 6.03 Å². The number of amides is 2. The number of imidazole rings is 1. The van der Waals surface area contributed by atoms with Crippen LogP contribution in [0.5, 0.6) is 0 Å². The van der Waals surface area contributed by atoms with E-state index in [4.69, 9.17) is 0 Å². The first-order chi connectivity index (χ1) is 11.7. The molecule has 1 fully saturated rings. The first-order valence-corrected chi connectivity index (χ1v) is 8.11. The number of anilines is 1. The molecule has 2 amide bonds. The molecule has 6 nitrogen and oxygen atoms in total. The van der Waals surface area contributed by atoms with Crippen molar-refractivity contribution in [3.63, 3.8) is 0 Å². The molecule has 1 aromatic carbocycles. The largest absolute Gasteiger partial charge is 0.334 e. The Morgan fingerprint density at radius 2 is 2.17 bits per heavy atom. The number of aromatic nitrogens is 3. The van der Waals surface area contributed by atoms with Gasteiger partial charge in [0.1, 0.15) is 5.82 Å². The van der Waals surface area contributed by atoms with Crippen LogP contribution in [0.1, 0.15) is 30.0 Å². The molecule has 2 aromatic heterocycles. The summed E-state index contributed by atoms with van der Waals surface area (Å²) < 4.78 is 1.97. The number of urea groups is 1. The lowest BCUT2D eigenvalue weighted by Gasteiger charge is -2.08. The number of carbonyl (C=O) groups is 1. The molecule has 1 aliphatic rings. The van der Waals surface area contributed by atoms with Crippen molar-refractivity contribution in [3.05, 3.63) is 54.0 Å². The van der Waals surface area contributed by atoms with E-state index in [2.05, 4.69) is 20.6 Å². The minimum Gasteiger partial charge on any atom is -0.334 e. The minimum atomic E-state index is -0.253. The van der Waals surface area contributed by atoms with Crippen molar-refractivity contribution in [2.75, 3.05) is 5.32 Å². The Labute approximate surface area is 139 Å². The molecule has 3 aromatic rings. The van der Waals surface area contributed by atoms with Crippen molar-refractivity contribution in [2.45, 2.75) is 25.3 Å². The van der Waals surface area contributed by atoms with Crippen molar-refractivity contribution >= 4 is 22.9 Å². The zero-order chi connectivity index (χ0) is 16.5. The van der Waals surface area contributed by atoms with Crippen LogP contribution in [0.4, 0.5) is 10.6 Å². The molecule has 0 unspecified atom stereocenters. The van der Waals surface area contributed by atoms with Gasteiger partial charge in [-0.3, -0.25) is 5.32 Å². The maximum atomic E-state index is 12.1. The number of aryl methyl sites for hydroxylation is 1. The number of hydrogen-bond acceptors (Lipinski definition) is 3. The zero-order valence-corrected chi connectivity index (χ0v) is 13.5. The Morgan fingerprint density at radius 1 is 1.29 bits per heavy atom. The van der Waals surface area contributed by atoms with Crippen LogP contribution < -0.4 is 10.6 Å². The minimum absolute atomic E-state index is 0.253. The van der Waals surface area contributed by atoms with Gasteiger partial charge in [0.2, 0.25) is 0 Å². The van der Waals surface area contributed by atoms with Gasteiger partial charge >= 0.3 is 6.03 Å². The highest BCUT2D eigenvalue weighted by atomic mass is 16.2. The molecule has 1 saturated carbocycles. The molecule has 0 saturated heterocycles. The fourth-order valence-corrected chi connectivity index (χ4v) is 2.76. The highest BCUT2D eigenvalue weighted by Crippen LogP contribution is 2.39. The van der Waals surface area contributed by atoms with Crippen molar-refractivity contribution in [3.8, 4) is 0 Å². The van der Waals surface area contributed by atoms with Crippen LogP contribution in [0.25, 0.3) is 11.0 Å². The van der Waals surface area contributed by atoms with E-state index in [0.717, 1.165) is 22.3 Å². The summed E-state index contributed by atoms with van der Waals surface area (Å²) in [7, 11) is 1.96. The number of nitrogens with zero attached hydrogens (tertiary/aromatic N) is 3. The van der Waals surface area contributed by atoms with E-state index in [9.17, 15) is 4.79 Å². The predicted octanol–water partition coefficient (Wildman–Crippen LogP) is 3.17. The summed E-state index contributed by atoms with van der Waals surface area (Å²) in [5.74, 6) is 1.16. The zero-order valence-electron chi connectivity index (χ0n) is 13.5. The molecule has 0 aliphatic heterocycles. The quantitative estimate of drug-likeness (QED) is 0.775. The molecule has 2 heterocycles. The summed E-state index contributed by atoms with van der Waals surface area (Å²) >= 11 is 0. The number of pyridine rings is 1. The van der Waals surface area contributed by atoms with Gasteiger partial charge in [-0.15, -0.1) is 0 Å². The van der Waals surface area contributed by atoms with Gasteiger partial charge < -0.3 is 9.88 Å². The molecule has 0 radical (unpaired) electrons. The topological polar surface area (TPSA) is 71.8 Å². The number of nitrogens with one attached hydrogen (secondary N) is 2. The first kappa shape index (κ1) is 14.7. The molecule has 2 N–H and O–H groups in total. The summed E-state index contributed by atoms with van der Waals surface area (Å²) in [6.45, 7) is 0.445. The highest BCUT2D eigenvalue weighted by Gasteiger charge is 2.24. The van der Waals surface area contributed by atoms with E-state index >= 15 is 0 Å². The lowest BCUT2D eigenvalue weighted by atomic mass is 10.2. The third-order valence-electron chi connectivity index (χ3n) is 4.25. The molecule has 122 valence electrons. The normalized spacial score (nSPS) is 13.9. The van der Waals surface area contributed by atoms with Gasteiger partial charge in [0.25, 0.3) is 0 Å². The summed E-state index contributed by atoms with van der Waals surface area (Å²) in [4.78, 5) is 20.9. The summed E-state index contributed by atoms with van der Waals surface area (Å²) in [6, 6.07) is 11.5. The van der Waals surface area contributed by atoms with Gasteiger partial charge in [0.05, 0.1) is 17.4 Å². The Bertz CT molecular complexity index is 897. The van der Waals surface area contributed by atoms with Gasteiger partial charge in [0.15, 0.2) is 0 Å². The van der Waals surface area contributed by atoms with Gasteiger partial charge in [-0.25, -0.2) is 14.8 Å². The summed E-state index contributed by atoms with van der Waals surface area (Å²) in [6.07, 6.45) is 4.17. The van der Waals surface area contributed by atoms with E-state index in [1.54, 1.807) is 6.33 Å². The van der Waals surface area contributed by atoms with Crippen LogP contribution in [0, 0.1) is 0 Å². The molecule has 4 rings (SSSR count). The molecule has 0 bridgehead atoms. The Kier molecular flexibility index (Phi) is 3.65. The third-order valence-corrected chi connectivity index (χ3v) is 4.25. The number of hydrogen-bond donors (Lipinski definition) is 2. The lowest BCUT2D eigenvalue weighted by Crippen LogP contribution is -2.28. The third kappa shape index (κ3) is 3.08. The van der Waals surface area contributed by atoms with Crippen LogP contribution in [0.2, 0.25) is 0 Å². The van der Waals surface area contributed by atoms with E-state index in [1.165, 1.54) is 12.8 Å². The fourth-order valence-electron chi connectivity index (χ4n) is 2.76. The van der Waals surface area contributed by atoms with Crippen molar-refractivity contribution in [2.24, 2.45) is 7.05 Å². The van der Waals surface area contributed by atoms with Crippen molar-refractivity contribution in [1.82, 2.24) is 19.9 Å². The highest BCUT2D eigenvalue weighted by molar-refractivity contribution is 5.88. The second-order valence-corrected chi connectivity index (χ2v) is 6.21. The van der Waals surface area contributed by atoms with Crippen molar-refractivity contribution in [1.29, 1.82) is 0 Å². The Balaban J connectivity index is 1.37. The fraction of sp³-hybridized carbons (Fsp3) is 0.278.